The number of halogens is 1. The number of hydrogen-bond acceptors (Lipinski definition) is 4. The molecule has 0 aliphatic carbocycles. The summed E-state index contributed by atoms with van der Waals surface area (Å²) in [4.78, 5) is 23.2. The van der Waals surface area contributed by atoms with Gasteiger partial charge < -0.3 is 20.5 Å². The lowest BCUT2D eigenvalue weighted by molar-refractivity contribution is -0.135. The maximum absolute atomic E-state index is 12.1. The van der Waals surface area contributed by atoms with E-state index in [9.17, 15) is 14.7 Å². The SMILES string of the molecule is CC(=O)N[C@@H]1CC[C@@H](CC(=O)NCc2ccc(Cl)cc2)O[C@@H]1CO. The zero-order valence-electron chi connectivity index (χ0n) is 13.6. The lowest BCUT2D eigenvalue weighted by Gasteiger charge is -2.35. The number of carbonyl (C=O) groups excluding carboxylic acids is 2. The van der Waals surface area contributed by atoms with Gasteiger partial charge in [0.2, 0.25) is 11.8 Å². The standard InChI is InChI=1S/C17H23ClN2O4/c1-11(22)20-15-7-6-14(24-16(15)10-21)8-17(23)19-9-12-2-4-13(18)5-3-12/h2-5,14-16,21H,6-10H2,1H3,(H,19,23)(H,20,22)/t14-,15+,16+/m0/s1. The van der Waals surface area contributed by atoms with Gasteiger partial charge in [-0.1, -0.05) is 23.7 Å². The summed E-state index contributed by atoms with van der Waals surface area (Å²) in [7, 11) is 0. The number of aliphatic hydroxyl groups excluding tert-OH is 1. The fraction of sp³-hybridized carbons (Fsp3) is 0.529. The van der Waals surface area contributed by atoms with Crippen LogP contribution in [0, 0.1) is 0 Å². The van der Waals surface area contributed by atoms with Gasteiger partial charge in [0.1, 0.15) is 6.10 Å². The van der Waals surface area contributed by atoms with Crippen molar-refractivity contribution in [3.8, 4) is 0 Å². The Labute approximate surface area is 146 Å². The Bertz CT molecular complexity index is 564. The summed E-state index contributed by atoms with van der Waals surface area (Å²) in [5.74, 6) is -0.258. The van der Waals surface area contributed by atoms with Crippen molar-refractivity contribution in [2.75, 3.05) is 6.61 Å². The Morgan fingerprint density at radius 2 is 2.00 bits per heavy atom. The fourth-order valence-electron chi connectivity index (χ4n) is 2.79. The minimum atomic E-state index is -0.475. The Morgan fingerprint density at radius 3 is 2.62 bits per heavy atom. The Hall–Kier alpha value is -1.63. The topological polar surface area (TPSA) is 87.7 Å². The van der Waals surface area contributed by atoms with Gasteiger partial charge in [-0.25, -0.2) is 0 Å². The van der Waals surface area contributed by atoms with Gasteiger partial charge >= 0.3 is 0 Å². The highest BCUT2D eigenvalue weighted by Gasteiger charge is 2.32. The van der Waals surface area contributed by atoms with Crippen LogP contribution in [0.4, 0.5) is 0 Å². The monoisotopic (exact) mass is 354 g/mol. The van der Waals surface area contributed by atoms with Crippen LogP contribution in [-0.4, -0.2) is 41.8 Å². The molecule has 6 nitrogen and oxygen atoms in total. The molecule has 0 radical (unpaired) electrons. The molecule has 1 aromatic rings. The van der Waals surface area contributed by atoms with E-state index in [-0.39, 0.29) is 37.0 Å². The maximum Gasteiger partial charge on any atom is 0.222 e. The van der Waals surface area contributed by atoms with Crippen molar-refractivity contribution in [1.82, 2.24) is 10.6 Å². The summed E-state index contributed by atoms with van der Waals surface area (Å²) in [5, 5.41) is 15.7. The molecule has 2 amide bonds. The van der Waals surface area contributed by atoms with E-state index in [1.54, 1.807) is 12.1 Å². The van der Waals surface area contributed by atoms with Crippen LogP contribution in [0.5, 0.6) is 0 Å². The molecule has 2 rings (SSSR count). The molecule has 3 atom stereocenters. The second-order valence-corrected chi connectivity index (χ2v) is 6.41. The summed E-state index contributed by atoms with van der Waals surface area (Å²) < 4.78 is 5.74. The van der Waals surface area contributed by atoms with Crippen molar-refractivity contribution in [2.24, 2.45) is 0 Å². The van der Waals surface area contributed by atoms with E-state index in [4.69, 9.17) is 16.3 Å². The number of ether oxygens (including phenoxy) is 1. The quantitative estimate of drug-likeness (QED) is 0.720. The molecule has 1 saturated heterocycles. The number of carbonyl (C=O) groups is 2. The molecule has 0 saturated carbocycles. The third-order valence-corrected chi connectivity index (χ3v) is 4.25. The Balaban J connectivity index is 1.77. The van der Waals surface area contributed by atoms with Crippen LogP contribution in [0.2, 0.25) is 5.02 Å². The molecule has 3 N–H and O–H groups in total. The first-order valence-electron chi connectivity index (χ1n) is 8.02. The maximum atomic E-state index is 12.1. The first-order chi connectivity index (χ1) is 11.5. The van der Waals surface area contributed by atoms with Crippen molar-refractivity contribution in [3.05, 3.63) is 34.9 Å². The second-order valence-electron chi connectivity index (χ2n) is 5.97. The van der Waals surface area contributed by atoms with E-state index in [1.807, 2.05) is 12.1 Å². The first-order valence-corrected chi connectivity index (χ1v) is 8.40. The van der Waals surface area contributed by atoms with E-state index < -0.39 is 6.10 Å². The smallest absolute Gasteiger partial charge is 0.222 e. The minimum absolute atomic E-state index is 0.107. The van der Waals surface area contributed by atoms with Crippen LogP contribution >= 0.6 is 11.6 Å². The molecule has 1 aliphatic heterocycles. The molecule has 0 aromatic heterocycles. The van der Waals surface area contributed by atoms with Crippen molar-refractivity contribution in [3.63, 3.8) is 0 Å². The number of aliphatic hydroxyl groups is 1. The van der Waals surface area contributed by atoms with E-state index in [0.717, 1.165) is 5.56 Å². The van der Waals surface area contributed by atoms with Gasteiger partial charge in [0.15, 0.2) is 0 Å². The molecule has 0 spiro atoms. The van der Waals surface area contributed by atoms with E-state index in [2.05, 4.69) is 10.6 Å². The van der Waals surface area contributed by atoms with Gasteiger partial charge in [-0.3, -0.25) is 9.59 Å². The normalized spacial score (nSPS) is 23.5. The molecular formula is C17H23ClN2O4. The summed E-state index contributed by atoms with van der Waals surface area (Å²) >= 11 is 5.82. The number of hydrogen-bond donors (Lipinski definition) is 3. The highest BCUT2D eigenvalue weighted by atomic mass is 35.5. The summed E-state index contributed by atoms with van der Waals surface area (Å²) in [6.07, 6.45) is 0.848. The van der Waals surface area contributed by atoms with E-state index in [0.29, 0.717) is 24.4 Å². The van der Waals surface area contributed by atoms with Crippen LogP contribution in [0.25, 0.3) is 0 Å². The van der Waals surface area contributed by atoms with Gasteiger partial charge in [0, 0.05) is 18.5 Å². The molecule has 1 aliphatic rings. The van der Waals surface area contributed by atoms with Gasteiger partial charge in [-0.15, -0.1) is 0 Å². The zero-order valence-corrected chi connectivity index (χ0v) is 14.4. The Kier molecular flexibility index (Phi) is 7.02. The van der Waals surface area contributed by atoms with Crippen LogP contribution < -0.4 is 10.6 Å². The van der Waals surface area contributed by atoms with Crippen molar-refractivity contribution < 1.29 is 19.4 Å². The van der Waals surface area contributed by atoms with Crippen LogP contribution in [0.15, 0.2) is 24.3 Å². The van der Waals surface area contributed by atoms with Crippen LogP contribution in [-0.2, 0) is 20.9 Å². The lowest BCUT2D eigenvalue weighted by Crippen LogP contribution is -2.51. The largest absolute Gasteiger partial charge is 0.394 e. The summed E-state index contributed by atoms with van der Waals surface area (Å²) in [6, 6.07) is 7.07. The highest BCUT2D eigenvalue weighted by molar-refractivity contribution is 6.30. The van der Waals surface area contributed by atoms with Crippen molar-refractivity contribution >= 4 is 23.4 Å². The molecular weight excluding hydrogens is 332 g/mol. The number of nitrogens with one attached hydrogen (secondary N) is 2. The molecule has 1 fully saturated rings. The molecule has 0 unspecified atom stereocenters. The predicted molar refractivity (Wildman–Crippen MR) is 90.5 cm³/mol. The van der Waals surface area contributed by atoms with Crippen molar-refractivity contribution in [1.29, 1.82) is 0 Å². The van der Waals surface area contributed by atoms with Gasteiger partial charge in [0.05, 0.1) is 25.2 Å². The van der Waals surface area contributed by atoms with Crippen molar-refractivity contribution in [2.45, 2.75) is 51.0 Å². The third kappa shape index (κ3) is 5.78. The highest BCUT2D eigenvalue weighted by Crippen LogP contribution is 2.22. The molecule has 1 heterocycles. The van der Waals surface area contributed by atoms with Gasteiger partial charge in [-0.05, 0) is 30.5 Å². The first kappa shape index (κ1) is 18.7. The third-order valence-electron chi connectivity index (χ3n) is 4.00. The molecule has 24 heavy (non-hydrogen) atoms. The number of rotatable bonds is 6. The molecule has 1 aromatic carbocycles. The van der Waals surface area contributed by atoms with Gasteiger partial charge in [0.25, 0.3) is 0 Å². The molecule has 7 heteroatoms. The average Bonchev–Trinajstić information content (AvgIpc) is 2.55. The summed E-state index contributed by atoms with van der Waals surface area (Å²) in [5.41, 5.74) is 0.969. The van der Waals surface area contributed by atoms with E-state index in [1.165, 1.54) is 6.92 Å². The zero-order chi connectivity index (χ0) is 17.5. The average molecular weight is 355 g/mol. The summed E-state index contributed by atoms with van der Waals surface area (Å²) in [6.45, 7) is 1.68. The van der Waals surface area contributed by atoms with Gasteiger partial charge in [-0.2, -0.15) is 0 Å². The predicted octanol–water partition coefficient (Wildman–Crippen LogP) is 1.39. The minimum Gasteiger partial charge on any atom is -0.394 e. The van der Waals surface area contributed by atoms with Crippen LogP contribution in [0.1, 0.15) is 31.7 Å². The van der Waals surface area contributed by atoms with E-state index >= 15 is 0 Å². The Morgan fingerprint density at radius 1 is 1.29 bits per heavy atom. The second kappa shape index (κ2) is 9.01. The number of amides is 2. The lowest BCUT2D eigenvalue weighted by atomic mass is 9.97. The fourth-order valence-corrected chi connectivity index (χ4v) is 2.92. The molecule has 0 bridgehead atoms. The van der Waals surface area contributed by atoms with Crippen LogP contribution in [0.3, 0.4) is 0 Å². The molecule has 132 valence electrons. The number of benzene rings is 1.